The van der Waals surface area contributed by atoms with E-state index in [1.54, 1.807) is 17.5 Å². The average Bonchev–Trinajstić information content (AvgIpc) is 3.21. The minimum atomic E-state index is -0.0379. The van der Waals surface area contributed by atoms with E-state index in [9.17, 15) is 4.79 Å². The minimum Gasteiger partial charge on any atom is -0.350 e. The molecule has 1 N–H and O–H groups in total. The Morgan fingerprint density at radius 2 is 1.93 bits per heavy atom. The van der Waals surface area contributed by atoms with Gasteiger partial charge in [-0.15, -0.1) is 11.3 Å². The van der Waals surface area contributed by atoms with Gasteiger partial charge in [0.1, 0.15) is 5.69 Å². The Labute approximate surface area is 168 Å². The maximum absolute atomic E-state index is 12.9. The van der Waals surface area contributed by atoms with Crippen LogP contribution in [0.5, 0.6) is 0 Å². The van der Waals surface area contributed by atoms with Crippen LogP contribution in [0.25, 0.3) is 10.2 Å². The summed E-state index contributed by atoms with van der Waals surface area (Å²) in [5.74, 6) is -0.0379. The molecule has 0 aliphatic rings. The molecule has 0 saturated heterocycles. The molecular formula is C23H23N3OS. The molecule has 3 heterocycles. The number of aryl methyl sites for hydroxylation is 2. The second kappa shape index (κ2) is 7.98. The Kier molecular flexibility index (Phi) is 5.26. The highest BCUT2D eigenvalue weighted by Gasteiger charge is 2.17. The van der Waals surface area contributed by atoms with E-state index in [1.165, 1.54) is 16.0 Å². The fourth-order valence-corrected chi connectivity index (χ4v) is 4.30. The third-order valence-corrected chi connectivity index (χ3v) is 5.79. The highest BCUT2D eigenvalue weighted by molar-refractivity contribution is 7.19. The van der Waals surface area contributed by atoms with Crippen molar-refractivity contribution in [3.63, 3.8) is 0 Å². The van der Waals surface area contributed by atoms with E-state index in [1.807, 2.05) is 24.3 Å². The van der Waals surface area contributed by atoms with E-state index < -0.39 is 0 Å². The van der Waals surface area contributed by atoms with E-state index in [4.69, 9.17) is 0 Å². The first-order chi connectivity index (χ1) is 13.6. The number of hydrogen-bond donors (Lipinski definition) is 1. The molecule has 1 aromatic carbocycles. The molecule has 142 valence electrons. The van der Waals surface area contributed by atoms with Gasteiger partial charge in [-0.3, -0.25) is 9.78 Å². The smallest absolute Gasteiger partial charge is 0.267 e. The maximum Gasteiger partial charge on any atom is 0.267 e. The third-order valence-electron chi connectivity index (χ3n) is 4.80. The summed E-state index contributed by atoms with van der Waals surface area (Å²) in [6.07, 6.45) is 2.50. The van der Waals surface area contributed by atoms with Crippen molar-refractivity contribution in [2.45, 2.75) is 26.8 Å². The van der Waals surface area contributed by atoms with Crippen molar-refractivity contribution in [1.29, 1.82) is 0 Å². The van der Waals surface area contributed by atoms with Gasteiger partial charge in [0.05, 0.1) is 10.2 Å². The molecule has 0 fully saturated rings. The second-order valence-electron chi connectivity index (χ2n) is 7.03. The number of pyridine rings is 1. The lowest BCUT2D eigenvalue weighted by Gasteiger charge is -2.11. The highest BCUT2D eigenvalue weighted by atomic mass is 32.1. The van der Waals surface area contributed by atoms with Crippen molar-refractivity contribution in [3.05, 3.63) is 88.2 Å². The van der Waals surface area contributed by atoms with Crippen LogP contribution in [0.15, 0.2) is 60.8 Å². The molecule has 4 rings (SSSR count). The molecule has 28 heavy (non-hydrogen) atoms. The number of thiophene rings is 1. The van der Waals surface area contributed by atoms with Crippen LogP contribution < -0.4 is 5.32 Å². The SMILES string of the molecule is Cc1ccc(Cn2c(C(=O)NCCc3ccccn3)cc3sc(C)cc32)cc1. The number of nitrogens with one attached hydrogen (secondary N) is 1. The fraction of sp³-hybridized carbons (Fsp3) is 0.217. The van der Waals surface area contributed by atoms with Crippen LogP contribution in [-0.4, -0.2) is 22.0 Å². The van der Waals surface area contributed by atoms with Crippen molar-refractivity contribution in [3.8, 4) is 0 Å². The first-order valence-electron chi connectivity index (χ1n) is 9.43. The van der Waals surface area contributed by atoms with Gasteiger partial charge >= 0.3 is 0 Å². The van der Waals surface area contributed by atoms with Crippen LogP contribution >= 0.6 is 11.3 Å². The maximum atomic E-state index is 12.9. The van der Waals surface area contributed by atoms with Gasteiger partial charge in [-0.05, 0) is 43.7 Å². The molecule has 0 spiro atoms. The van der Waals surface area contributed by atoms with Gasteiger partial charge in [-0.2, -0.15) is 0 Å². The van der Waals surface area contributed by atoms with Gasteiger partial charge in [0.15, 0.2) is 0 Å². The molecule has 0 radical (unpaired) electrons. The quantitative estimate of drug-likeness (QED) is 0.518. The van der Waals surface area contributed by atoms with Gasteiger partial charge in [0.25, 0.3) is 5.91 Å². The largest absolute Gasteiger partial charge is 0.350 e. The number of rotatable bonds is 6. The van der Waals surface area contributed by atoms with Crippen LogP contribution in [-0.2, 0) is 13.0 Å². The molecular weight excluding hydrogens is 366 g/mol. The van der Waals surface area contributed by atoms with Gasteiger partial charge < -0.3 is 9.88 Å². The number of nitrogens with zero attached hydrogens (tertiary/aromatic N) is 2. The fourth-order valence-electron chi connectivity index (χ4n) is 3.34. The first-order valence-corrected chi connectivity index (χ1v) is 10.2. The molecule has 0 saturated carbocycles. The number of hydrogen-bond acceptors (Lipinski definition) is 3. The van der Waals surface area contributed by atoms with E-state index in [-0.39, 0.29) is 5.91 Å². The summed E-state index contributed by atoms with van der Waals surface area (Å²) in [5.41, 5.74) is 5.24. The predicted molar refractivity (Wildman–Crippen MR) is 115 cm³/mol. The summed E-state index contributed by atoms with van der Waals surface area (Å²) in [7, 11) is 0. The molecule has 0 aliphatic heterocycles. The molecule has 0 aliphatic carbocycles. The number of carbonyl (C=O) groups is 1. The molecule has 0 bridgehead atoms. The summed E-state index contributed by atoms with van der Waals surface area (Å²) >= 11 is 1.73. The summed E-state index contributed by atoms with van der Waals surface area (Å²) in [6.45, 7) is 5.44. The third kappa shape index (κ3) is 3.99. The van der Waals surface area contributed by atoms with E-state index in [2.05, 4.69) is 59.0 Å². The topological polar surface area (TPSA) is 46.9 Å². The standard InChI is InChI=1S/C23H23N3OS/c1-16-6-8-18(9-7-16)15-26-20-13-17(2)28-22(20)14-21(26)23(27)25-12-10-19-5-3-4-11-24-19/h3-9,11,13-14H,10,12,15H2,1-2H3,(H,25,27). The predicted octanol–water partition coefficient (Wildman–Crippen LogP) is 4.74. The van der Waals surface area contributed by atoms with Crippen molar-refractivity contribution in [2.75, 3.05) is 6.54 Å². The summed E-state index contributed by atoms with van der Waals surface area (Å²) in [4.78, 5) is 18.5. The van der Waals surface area contributed by atoms with Crippen LogP contribution in [0.4, 0.5) is 0 Å². The number of fused-ring (bicyclic) bond motifs is 1. The van der Waals surface area contributed by atoms with Crippen LogP contribution in [0.2, 0.25) is 0 Å². The van der Waals surface area contributed by atoms with Crippen LogP contribution in [0.1, 0.15) is 32.2 Å². The van der Waals surface area contributed by atoms with E-state index in [0.717, 1.165) is 22.3 Å². The molecule has 3 aromatic heterocycles. The zero-order valence-electron chi connectivity index (χ0n) is 16.1. The Morgan fingerprint density at radius 3 is 2.68 bits per heavy atom. The lowest BCUT2D eigenvalue weighted by Crippen LogP contribution is -2.28. The first kappa shape index (κ1) is 18.4. The summed E-state index contributed by atoms with van der Waals surface area (Å²) in [6, 6.07) is 18.5. The minimum absolute atomic E-state index is 0.0379. The average molecular weight is 390 g/mol. The van der Waals surface area contributed by atoms with Crippen molar-refractivity contribution >= 4 is 27.5 Å². The molecule has 0 atom stereocenters. The molecule has 1 amide bonds. The van der Waals surface area contributed by atoms with Crippen LogP contribution in [0, 0.1) is 13.8 Å². The monoisotopic (exact) mass is 389 g/mol. The Hall–Kier alpha value is -2.92. The molecule has 4 aromatic rings. The molecule has 0 unspecified atom stereocenters. The Morgan fingerprint density at radius 1 is 1.11 bits per heavy atom. The van der Waals surface area contributed by atoms with E-state index in [0.29, 0.717) is 18.8 Å². The van der Waals surface area contributed by atoms with Crippen LogP contribution in [0.3, 0.4) is 0 Å². The zero-order valence-corrected chi connectivity index (χ0v) is 16.9. The van der Waals surface area contributed by atoms with E-state index >= 15 is 0 Å². The van der Waals surface area contributed by atoms with Crippen molar-refractivity contribution in [2.24, 2.45) is 0 Å². The Bertz CT molecular complexity index is 1090. The van der Waals surface area contributed by atoms with Gasteiger partial charge in [0.2, 0.25) is 0 Å². The normalized spacial score (nSPS) is 11.1. The Balaban J connectivity index is 1.56. The van der Waals surface area contributed by atoms with Gasteiger partial charge in [-0.25, -0.2) is 0 Å². The van der Waals surface area contributed by atoms with Crippen molar-refractivity contribution in [1.82, 2.24) is 14.9 Å². The zero-order chi connectivity index (χ0) is 19.5. The number of benzene rings is 1. The lowest BCUT2D eigenvalue weighted by molar-refractivity contribution is 0.0945. The number of amides is 1. The molecule has 5 heteroatoms. The summed E-state index contributed by atoms with van der Waals surface area (Å²) in [5, 5.41) is 3.05. The van der Waals surface area contributed by atoms with Gasteiger partial charge in [0, 0.05) is 36.3 Å². The number of carbonyl (C=O) groups excluding carboxylic acids is 1. The second-order valence-corrected chi connectivity index (χ2v) is 8.32. The summed E-state index contributed by atoms with van der Waals surface area (Å²) < 4.78 is 3.28. The van der Waals surface area contributed by atoms with Gasteiger partial charge in [-0.1, -0.05) is 35.9 Å². The molecule has 4 nitrogen and oxygen atoms in total. The lowest BCUT2D eigenvalue weighted by atomic mass is 10.1. The highest BCUT2D eigenvalue weighted by Crippen LogP contribution is 2.29. The number of aromatic nitrogens is 2. The van der Waals surface area contributed by atoms with Crippen molar-refractivity contribution < 1.29 is 4.79 Å².